The topological polar surface area (TPSA) is 125 Å². The van der Waals surface area contributed by atoms with Gasteiger partial charge in [-0.25, -0.2) is 9.59 Å². The molecule has 0 aliphatic heterocycles. The summed E-state index contributed by atoms with van der Waals surface area (Å²) in [5.74, 6) is -0.626. The molecular formula is C36H30O9S. The van der Waals surface area contributed by atoms with E-state index in [0.717, 1.165) is 12.2 Å². The molecule has 5 aromatic carbocycles. The molecular weight excluding hydrogens is 608 g/mol. The summed E-state index contributed by atoms with van der Waals surface area (Å²) in [6.45, 7) is 6.74. The predicted molar refractivity (Wildman–Crippen MR) is 173 cm³/mol. The number of rotatable bonds is 13. The molecule has 0 aromatic heterocycles. The van der Waals surface area contributed by atoms with E-state index in [4.69, 9.17) is 18.9 Å². The normalized spacial score (nSPS) is 12.5. The van der Waals surface area contributed by atoms with E-state index in [2.05, 4.69) is 13.2 Å². The van der Waals surface area contributed by atoms with Crippen molar-refractivity contribution in [2.24, 2.45) is 0 Å². The van der Waals surface area contributed by atoms with Gasteiger partial charge in [0.2, 0.25) is 0 Å². The highest BCUT2D eigenvalue weighted by molar-refractivity contribution is 7.85. The van der Waals surface area contributed by atoms with Gasteiger partial charge in [-0.15, -0.1) is 0 Å². The molecule has 0 radical (unpaired) electrons. The number of hydrogen-bond donors (Lipinski definition) is 1. The van der Waals surface area contributed by atoms with Crippen LogP contribution in [0.4, 0.5) is 0 Å². The van der Waals surface area contributed by atoms with E-state index in [1.54, 1.807) is 48.5 Å². The SMILES string of the molecule is C=CC(=O)OC(COc1c2ccccc2c(OCC(OC(=O)C=C)c2ccccc2)c2cc(S(=O)(=O)O)ccc12)c1ccccc1. The Kier molecular flexibility index (Phi) is 9.80. The van der Waals surface area contributed by atoms with Gasteiger partial charge in [0.25, 0.3) is 10.1 Å². The van der Waals surface area contributed by atoms with Crippen molar-refractivity contribution >= 4 is 43.6 Å². The van der Waals surface area contributed by atoms with Crippen molar-refractivity contribution in [2.75, 3.05) is 13.2 Å². The second kappa shape index (κ2) is 14.1. The summed E-state index contributed by atoms with van der Waals surface area (Å²) >= 11 is 0. The van der Waals surface area contributed by atoms with Crippen molar-refractivity contribution in [3.05, 3.63) is 140 Å². The van der Waals surface area contributed by atoms with Gasteiger partial charge in [0, 0.05) is 33.7 Å². The lowest BCUT2D eigenvalue weighted by Crippen LogP contribution is -2.18. The molecule has 5 aromatic rings. The van der Waals surface area contributed by atoms with Crippen LogP contribution in [0.2, 0.25) is 0 Å². The van der Waals surface area contributed by atoms with Crippen LogP contribution in [0.3, 0.4) is 0 Å². The van der Waals surface area contributed by atoms with Crippen LogP contribution in [0.15, 0.2) is 133 Å². The van der Waals surface area contributed by atoms with E-state index in [1.807, 2.05) is 36.4 Å². The largest absolute Gasteiger partial charge is 0.488 e. The van der Waals surface area contributed by atoms with Crippen molar-refractivity contribution in [2.45, 2.75) is 17.1 Å². The van der Waals surface area contributed by atoms with Crippen LogP contribution in [-0.4, -0.2) is 38.1 Å². The molecule has 9 nitrogen and oxygen atoms in total. The molecule has 46 heavy (non-hydrogen) atoms. The van der Waals surface area contributed by atoms with Crippen molar-refractivity contribution in [1.29, 1.82) is 0 Å². The van der Waals surface area contributed by atoms with Gasteiger partial charge in [-0.1, -0.05) is 98.1 Å². The summed E-state index contributed by atoms with van der Waals surface area (Å²) in [6, 6.07) is 29.3. The lowest BCUT2D eigenvalue weighted by atomic mass is 10.00. The third-order valence-corrected chi connectivity index (χ3v) is 8.00. The second-order valence-electron chi connectivity index (χ2n) is 10.1. The molecule has 5 rings (SSSR count). The Morgan fingerprint density at radius 2 is 1.04 bits per heavy atom. The molecule has 0 aliphatic rings. The third-order valence-electron chi connectivity index (χ3n) is 7.15. The minimum absolute atomic E-state index is 0.0868. The quantitative estimate of drug-likeness (QED) is 0.0632. The summed E-state index contributed by atoms with van der Waals surface area (Å²) in [4.78, 5) is 24.0. The van der Waals surface area contributed by atoms with Crippen LogP contribution in [0.1, 0.15) is 23.3 Å². The molecule has 1 N–H and O–H groups in total. The molecule has 10 heteroatoms. The first-order valence-corrected chi connectivity index (χ1v) is 15.6. The standard InChI is InChI=1S/C36H30O9S/c1-3-33(37)44-31(24-13-7-5-8-14-24)22-42-35-27-17-11-12-18-28(27)36(30-21-26(46(39,40)41)19-20-29(30)35)43-23-32(45-34(38)4-2)25-15-9-6-10-16-25/h3-21,31-32H,1-2,22-23H2,(H,39,40,41). The predicted octanol–water partition coefficient (Wildman–Crippen LogP) is 6.94. The highest BCUT2D eigenvalue weighted by atomic mass is 32.2. The van der Waals surface area contributed by atoms with Gasteiger partial charge in [0.15, 0.2) is 12.2 Å². The number of benzene rings is 5. The average molecular weight is 639 g/mol. The Bertz CT molecular complexity index is 2010. The van der Waals surface area contributed by atoms with Crippen molar-refractivity contribution in [1.82, 2.24) is 0 Å². The van der Waals surface area contributed by atoms with Crippen LogP contribution < -0.4 is 9.47 Å². The van der Waals surface area contributed by atoms with Crippen LogP contribution in [0, 0.1) is 0 Å². The summed E-state index contributed by atoms with van der Waals surface area (Å²) in [7, 11) is -4.59. The van der Waals surface area contributed by atoms with Crippen LogP contribution >= 0.6 is 0 Å². The Morgan fingerprint density at radius 1 is 0.630 bits per heavy atom. The first-order chi connectivity index (χ1) is 22.2. The lowest BCUT2D eigenvalue weighted by Gasteiger charge is -2.23. The first kappa shape index (κ1) is 32.0. The second-order valence-corrected chi connectivity index (χ2v) is 11.5. The van der Waals surface area contributed by atoms with Crippen LogP contribution in [0.25, 0.3) is 21.5 Å². The Hall–Kier alpha value is -5.45. The fourth-order valence-corrected chi connectivity index (χ4v) is 5.48. The van der Waals surface area contributed by atoms with Crippen molar-refractivity contribution < 1.29 is 41.5 Å². The van der Waals surface area contributed by atoms with Gasteiger partial charge < -0.3 is 18.9 Å². The summed E-state index contributed by atoms with van der Waals surface area (Å²) in [5.41, 5.74) is 1.37. The number of fused-ring (bicyclic) bond motifs is 2. The molecule has 2 atom stereocenters. The maximum Gasteiger partial charge on any atom is 0.330 e. The molecule has 0 spiro atoms. The third kappa shape index (κ3) is 7.26. The Morgan fingerprint density at radius 3 is 1.48 bits per heavy atom. The number of carbonyl (C=O) groups excluding carboxylic acids is 2. The molecule has 234 valence electrons. The fraction of sp³-hybridized carbons (Fsp3) is 0.111. The molecule has 0 saturated carbocycles. The van der Waals surface area contributed by atoms with Crippen molar-refractivity contribution in [3.8, 4) is 11.5 Å². The van der Waals surface area contributed by atoms with Gasteiger partial charge in [0.1, 0.15) is 24.7 Å². The lowest BCUT2D eigenvalue weighted by molar-refractivity contribution is -0.145. The molecule has 0 saturated heterocycles. The number of ether oxygens (including phenoxy) is 4. The molecule has 0 fully saturated rings. The first-order valence-electron chi connectivity index (χ1n) is 14.2. The Balaban J connectivity index is 1.62. The number of hydrogen-bond acceptors (Lipinski definition) is 8. The number of esters is 2. The van der Waals surface area contributed by atoms with Gasteiger partial charge in [-0.2, -0.15) is 8.42 Å². The number of carbonyl (C=O) groups is 2. The summed E-state index contributed by atoms with van der Waals surface area (Å²) < 4.78 is 58.2. The average Bonchev–Trinajstić information content (AvgIpc) is 3.08. The van der Waals surface area contributed by atoms with Gasteiger partial charge in [-0.3, -0.25) is 4.55 Å². The summed E-state index contributed by atoms with van der Waals surface area (Å²) in [5, 5.41) is 1.94. The molecule has 0 bridgehead atoms. The zero-order valence-electron chi connectivity index (χ0n) is 24.6. The van der Waals surface area contributed by atoms with E-state index in [1.165, 1.54) is 18.2 Å². The smallest absolute Gasteiger partial charge is 0.330 e. The van der Waals surface area contributed by atoms with Gasteiger partial charge in [0.05, 0.1) is 4.90 Å². The monoisotopic (exact) mass is 638 g/mol. The maximum absolute atomic E-state index is 12.2. The molecule has 0 amide bonds. The van der Waals surface area contributed by atoms with Crippen LogP contribution in [-0.2, 0) is 29.2 Å². The van der Waals surface area contributed by atoms with Gasteiger partial charge >= 0.3 is 11.9 Å². The zero-order valence-corrected chi connectivity index (χ0v) is 25.4. The zero-order chi connectivity index (χ0) is 32.7. The van der Waals surface area contributed by atoms with Crippen LogP contribution in [0.5, 0.6) is 11.5 Å². The highest BCUT2D eigenvalue weighted by Crippen LogP contribution is 2.44. The minimum Gasteiger partial charge on any atom is -0.488 e. The Labute approximate surface area is 266 Å². The fourth-order valence-electron chi connectivity index (χ4n) is 4.98. The van der Waals surface area contributed by atoms with E-state index in [-0.39, 0.29) is 23.9 Å². The van der Waals surface area contributed by atoms with Gasteiger partial charge in [-0.05, 0) is 29.3 Å². The maximum atomic E-state index is 12.2. The minimum atomic E-state index is -4.59. The van der Waals surface area contributed by atoms with E-state index >= 15 is 0 Å². The van der Waals surface area contributed by atoms with E-state index in [0.29, 0.717) is 38.4 Å². The highest BCUT2D eigenvalue weighted by Gasteiger charge is 2.24. The molecule has 2 unspecified atom stereocenters. The van der Waals surface area contributed by atoms with Crippen molar-refractivity contribution in [3.63, 3.8) is 0 Å². The molecule has 0 aliphatic carbocycles. The summed E-state index contributed by atoms with van der Waals surface area (Å²) in [6.07, 6.45) is 0.506. The van der Waals surface area contributed by atoms with E-state index in [9.17, 15) is 22.6 Å². The van der Waals surface area contributed by atoms with E-state index < -0.39 is 34.3 Å². The molecule has 0 heterocycles.